The molecule has 0 bridgehead atoms. The molecule has 4 aromatic carbocycles. The van der Waals surface area contributed by atoms with Crippen molar-refractivity contribution in [3.8, 4) is 23.0 Å². The maximum atomic E-state index is 13.7. The van der Waals surface area contributed by atoms with E-state index in [0.29, 0.717) is 23.0 Å². The molecule has 16 nitrogen and oxygen atoms in total. The van der Waals surface area contributed by atoms with Crippen LogP contribution in [0.25, 0.3) is 0 Å². The third kappa shape index (κ3) is 16.1. The second-order valence-electron chi connectivity index (χ2n) is 16.7. The lowest BCUT2D eigenvalue weighted by Crippen LogP contribution is -2.37. The maximum Gasteiger partial charge on any atom is 0.407 e. The number of amides is 2. The normalized spacial score (nSPS) is 13.7. The molecule has 0 aliphatic heterocycles. The first-order chi connectivity index (χ1) is 33.2. The smallest absolute Gasteiger partial charge is 0.407 e. The topological polar surface area (TPSA) is 200 Å². The number of alkyl carbamates (subject to hydrolysis) is 2. The summed E-state index contributed by atoms with van der Waals surface area (Å²) in [6, 6.07) is 23.5. The van der Waals surface area contributed by atoms with Gasteiger partial charge in [0.1, 0.15) is 62.6 Å². The Labute approximate surface area is 403 Å². The monoisotopic (exact) mass is 968 g/mol. The number of rotatable bonds is 24. The van der Waals surface area contributed by atoms with Crippen LogP contribution >= 0.6 is 0 Å². The molecule has 6 rings (SSSR count). The Morgan fingerprint density at radius 3 is 1.20 bits per heavy atom. The number of hydrogen-bond donors (Lipinski definition) is 2. The second-order valence-corrected chi connectivity index (χ2v) is 18.7. The van der Waals surface area contributed by atoms with Crippen LogP contribution in [-0.4, -0.2) is 97.5 Å². The van der Waals surface area contributed by atoms with Gasteiger partial charge in [-0.25, -0.2) is 27.6 Å². The highest BCUT2D eigenvalue weighted by molar-refractivity contribution is 7.91. The van der Waals surface area contributed by atoms with Crippen molar-refractivity contribution in [3.05, 3.63) is 131 Å². The standard InChI is InChI=1S/C52H60N2O14S/c1-35(2)49(55)61-27-25-53-51(57)67-45(33-65-43-15-13-37-9-5-7-11-39(37)29-43)31-63-41-17-21-47(22-18-41)69(59,60)48-23-19-42(20-24-48)64-32-46(68-52(58)54-26-28-62-50(56)36(3)4)34-66-44-16-14-38-10-6-8-12-40(38)30-44/h13-24,29-30,45-46H,1,3,5-12,25-28,31-34H2,2,4H3,(H,53,57)(H,54,58). The van der Waals surface area contributed by atoms with E-state index in [2.05, 4.69) is 35.9 Å². The van der Waals surface area contributed by atoms with Gasteiger partial charge in [-0.05, 0) is 160 Å². The van der Waals surface area contributed by atoms with Gasteiger partial charge in [0.2, 0.25) is 9.84 Å². The molecule has 0 fully saturated rings. The number of benzene rings is 4. The van der Waals surface area contributed by atoms with Crippen LogP contribution in [0.1, 0.15) is 61.8 Å². The average molecular weight is 969 g/mol. The van der Waals surface area contributed by atoms with Crippen LogP contribution in [0.15, 0.2) is 119 Å². The summed E-state index contributed by atoms with van der Waals surface area (Å²) in [6.45, 7) is 9.63. The Hall–Kier alpha value is -7.01. The molecule has 2 N–H and O–H groups in total. The van der Waals surface area contributed by atoms with Gasteiger partial charge in [-0.3, -0.25) is 0 Å². The first-order valence-corrected chi connectivity index (χ1v) is 24.5. The van der Waals surface area contributed by atoms with Crippen LogP contribution in [0.2, 0.25) is 0 Å². The zero-order valence-electron chi connectivity index (χ0n) is 39.1. The molecule has 69 heavy (non-hydrogen) atoms. The highest BCUT2D eigenvalue weighted by Crippen LogP contribution is 2.28. The van der Waals surface area contributed by atoms with Crippen LogP contribution in [-0.2, 0) is 64.1 Å². The number of hydrogen-bond acceptors (Lipinski definition) is 14. The molecule has 0 spiro atoms. The van der Waals surface area contributed by atoms with Crippen molar-refractivity contribution in [1.82, 2.24) is 10.6 Å². The largest absolute Gasteiger partial charge is 0.490 e. The molecular weight excluding hydrogens is 909 g/mol. The first-order valence-electron chi connectivity index (χ1n) is 23.0. The number of ether oxygens (including phenoxy) is 8. The Balaban J connectivity index is 1.03. The van der Waals surface area contributed by atoms with Crippen molar-refractivity contribution in [1.29, 1.82) is 0 Å². The molecule has 2 unspecified atom stereocenters. The van der Waals surface area contributed by atoms with Gasteiger partial charge in [-0.1, -0.05) is 25.3 Å². The molecule has 0 saturated carbocycles. The number of carbonyl (C=O) groups is 4. The van der Waals surface area contributed by atoms with E-state index in [-0.39, 0.29) is 73.7 Å². The fraction of sp³-hybridized carbons (Fsp3) is 0.385. The molecule has 4 aromatic rings. The van der Waals surface area contributed by atoms with Crippen LogP contribution < -0.4 is 29.6 Å². The van der Waals surface area contributed by atoms with E-state index in [9.17, 15) is 27.6 Å². The van der Waals surface area contributed by atoms with Crippen LogP contribution in [0.5, 0.6) is 23.0 Å². The van der Waals surface area contributed by atoms with Crippen LogP contribution in [0, 0.1) is 0 Å². The summed E-state index contributed by atoms with van der Waals surface area (Å²) in [5, 5.41) is 5.09. The van der Waals surface area contributed by atoms with E-state index < -0.39 is 46.2 Å². The van der Waals surface area contributed by atoms with Gasteiger partial charge in [0.15, 0.2) is 12.2 Å². The second kappa shape index (κ2) is 25.4. The van der Waals surface area contributed by atoms with Crippen molar-refractivity contribution < 1.29 is 65.5 Å². The quantitative estimate of drug-likeness (QED) is 0.0301. The molecule has 2 aliphatic rings. The summed E-state index contributed by atoms with van der Waals surface area (Å²) in [6.07, 6.45) is 5.18. The third-order valence-electron chi connectivity index (χ3n) is 11.1. The molecule has 2 amide bonds. The van der Waals surface area contributed by atoms with Gasteiger partial charge >= 0.3 is 24.1 Å². The molecule has 368 valence electrons. The number of sulfone groups is 1. The Morgan fingerprint density at radius 1 is 0.507 bits per heavy atom. The Kier molecular flexibility index (Phi) is 18.9. The van der Waals surface area contributed by atoms with Crippen molar-refractivity contribution in [2.75, 3.05) is 52.7 Å². The highest BCUT2D eigenvalue weighted by atomic mass is 32.2. The van der Waals surface area contributed by atoms with E-state index in [1.54, 1.807) is 0 Å². The minimum absolute atomic E-state index is 0.00413. The Bertz CT molecular complexity index is 2370. The number of nitrogens with one attached hydrogen (secondary N) is 2. The highest BCUT2D eigenvalue weighted by Gasteiger charge is 2.22. The number of fused-ring (bicyclic) bond motifs is 2. The molecule has 0 radical (unpaired) electrons. The molecule has 2 aliphatic carbocycles. The average Bonchev–Trinajstić information content (AvgIpc) is 3.35. The molecule has 17 heteroatoms. The summed E-state index contributed by atoms with van der Waals surface area (Å²) in [4.78, 5) is 48.8. The fourth-order valence-electron chi connectivity index (χ4n) is 7.38. The lowest BCUT2D eigenvalue weighted by molar-refractivity contribution is -0.139. The zero-order valence-corrected chi connectivity index (χ0v) is 39.9. The van der Waals surface area contributed by atoms with E-state index in [1.807, 2.05) is 24.3 Å². The third-order valence-corrected chi connectivity index (χ3v) is 12.9. The van der Waals surface area contributed by atoms with Gasteiger partial charge in [-0.2, -0.15) is 0 Å². The van der Waals surface area contributed by atoms with Crippen LogP contribution in [0.4, 0.5) is 9.59 Å². The van der Waals surface area contributed by atoms with Crippen molar-refractivity contribution in [2.24, 2.45) is 0 Å². The maximum absolute atomic E-state index is 13.7. The van der Waals surface area contributed by atoms with Gasteiger partial charge < -0.3 is 48.5 Å². The predicted octanol–water partition coefficient (Wildman–Crippen LogP) is 7.62. The van der Waals surface area contributed by atoms with Crippen molar-refractivity contribution in [3.63, 3.8) is 0 Å². The van der Waals surface area contributed by atoms with E-state index in [4.69, 9.17) is 37.9 Å². The number of carbonyl (C=O) groups excluding carboxylic acids is 4. The summed E-state index contributed by atoms with van der Waals surface area (Å²) in [5.41, 5.74) is 5.53. The minimum Gasteiger partial charge on any atom is -0.490 e. The van der Waals surface area contributed by atoms with Crippen molar-refractivity contribution >= 4 is 34.0 Å². The molecule has 0 saturated heterocycles. The minimum atomic E-state index is -3.98. The van der Waals surface area contributed by atoms with Gasteiger partial charge in [-0.15, -0.1) is 0 Å². The summed E-state index contributed by atoms with van der Waals surface area (Å²) in [7, 11) is -3.98. The SMILES string of the molecule is C=C(C)C(=O)OCCNC(=O)OC(COc1ccc(S(=O)(=O)c2ccc(OCC(COc3ccc4c(c3)CCCC4)OC(=O)NCCOC(=O)C(=C)C)cc2)cc1)COc1ccc2c(c1)CCCC2. The van der Waals surface area contributed by atoms with E-state index in [1.165, 1.54) is 84.6 Å². The molecule has 2 atom stereocenters. The summed E-state index contributed by atoms with van der Waals surface area (Å²) >= 11 is 0. The van der Waals surface area contributed by atoms with E-state index >= 15 is 0 Å². The lowest BCUT2D eigenvalue weighted by Gasteiger charge is -2.21. The number of esters is 2. The summed E-state index contributed by atoms with van der Waals surface area (Å²) in [5.74, 6) is 0.756. The fourth-order valence-corrected chi connectivity index (χ4v) is 8.64. The zero-order chi connectivity index (χ0) is 49.2. The molecule has 0 aromatic heterocycles. The van der Waals surface area contributed by atoms with E-state index in [0.717, 1.165) is 51.4 Å². The molecular formula is C52H60N2O14S. The van der Waals surface area contributed by atoms with Gasteiger partial charge in [0.05, 0.1) is 22.9 Å². The number of aryl methyl sites for hydroxylation is 4. The van der Waals surface area contributed by atoms with Crippen LogP contribution in [0.3, 0.4) is 0 Å². The lowest BCUT2D eigenvalue weighted by atomic mass is 9.92. The predicted molar refractivity (Wildman–Crippen MR) is 255 cm³/mol. The first kappa shape index (κ1) is 51.4. The van der Waals surface area contributed by atoms with Crippen molar-refractivity contribution in [2.45, 2.75) is 87.2 Å². The summed E-state index contributed by atoms with van der Waals surface area (Å²) < 4.78 is 72.7. The van der Waals surface area contributed by atoms with Gasteiger partial charge in [0.25, 0.3) is 0 Å². The molecule has 0 heterocycles. The Morgan fingerprint density at radius 2 is 0.841 bits per heavy atom. The van der Waals surface area contributed by atoms with Gasteiger partial charge in [0, 0.05) is 11.1 Å².